The number of hydrogen-bond acceptors (Lipinski definition) is 3. The van der Waals surface area contributed by atoms with Crippen LogP contribution in [-0.4, -0.2) is 18.8 Å². The highest BCUT2D eigenvalue weighted by atomic mass is 35.5. The maximum atomic E-state index is 10.8. The minimum absolute atomic E-state index is 0.565. The number of rotatable bonds is 3. The maximum Gasteiger partial charge on any atom is 0.128 e. The van der Waals surface area contributed by atoms with Crippen LogP contribution in [0.4, 0.5) is 0 Å². The van der Waals surface area contributed by atoms with Crippen LogP contribution in [0.2, 0.25) is 5.02 Å². The standard InChI is InChI=1S/C17H17ClO3/c1-20-15-8-7-12(18)10-14(15)16(19)13-6-2-4-11-5-3-9-21-17(11)13/h2,4,6-8,10,16,19H,3,5,9H2,1H3. The molecule has 0 aliphatic carbocycles. The van der Waals surface area contributed by atoms with E-state index >= 15 is 0 Å². The molecule has 0 saturated heterocycles. The number of aliphatic hydroxyl groups is 1. The van der Waals surface area contributed by atoms with E-state index in [1.54, 1.807) is 25.3 Å². The molecule has 110 valence electrons. The number of fused-ring (bicyclic) bond motifs is 1. The number of ether oxygens (including phenoxy) is 2. The van der Waals surface area contributed by atoms with Gasteiger partial charge in [-0.2, -0.15) is 0 Å². The molecule has 1 N–H and O–H groups in total. The molecule has 0 saturated carbocycles. The van der Waals surface area contributed by atoms with Gasteiger partial charge < -0.3 is 14.6 Å². The van der Waals surface area contributed by atoms with E-state index in [0.29, 0.717) is 22.9 Å². The van der Waals surface area contributed by atoms with Gasteiger partial charge in [0.05, 0.1) is 13.7 Å². The van der Waals surface area contributed by atoms with Crippen LogP contribution >= 0.6 is 11.6 Å². The Hall–Kier alpha value is -1.71. The summed E-state index contributed by atoms with van der Waals surface area (Å²) < 4.78 is 11.1. The molecular weight excluding hydrogens is 288 g/mol. The Kier molecular flexibility index (Phi) is 4.04. The average molecular weight is 305 g/mol. The Morgan fingerprint density at radius 3 is 2.90 bits per heavy atom. The quantitative estimate of drug-likeness (QED) is 0.938. The van der Waals surface area contributed by atoms with Crippen LogP contribution in [0.15, 0.2) is 36.4 Å². The lowest BCUT2D eigenvalue weighted by Crippen LogP contribution is -2.13. The summed E-state index contributed by atoms with van der Waals surface area (Å²) in [5, 5.41) is 11.3. The first-order valence-electron chi connectivity index (χ1n) is 6.97. The molecule has 2 aromatic carbocycles. The van der Waals surface area contributed by atoms with Gasteiger partial charge in [0.2, 0.25) is 0 Å². The summed E-state index contributed by atoms with van der Waals surface area (Å²) in [6.07, 6.45) is 1.15. The monoisotopic (exact) mass is 304 g/mol. The lowest BCUT2D eigenvalue weighted by atomic mass is 9.95. The van der Waals surface area contributed by atoms with Gasteiger partial charge in [-0.05, 0) is 36.6 Å². The van der Waals surface area contributed by atoms with Crippen molar-refractivity contribution in [3.63, 3.8) is 0 Å². The molecule has 1 atom stereocenters. The van der Waals surface area contributed by atoms with Crippen LogP contribution < -0.4 is 9.47 Å². The van der Waals surface area contributed by atoms with Crippen LogP contribution in [0.5, 0.6) is 11.5 Å². The highest BCUT2D eigenvalue weighted by molar-refractivity contribution is 6.30. The van der Waals surface area contributed by atoms with Gasteiger partial charge >= 0.3 is 0 Å². The summed E-state index contributed by atoms with van der Waals surface area (Å²) in [5.74, 6) is 1.40. The molecular formula is C17H17ClO3. The Morgan fingerprint density at radius 2 is 2.10 bits per heavy atom. The van der Waals surface area contributed by atoms with E-state index in [-0.39, 0.29) is 0 Å². The largest absolute Gasteiger partial charge is 0.496 e. The summed E-state index contributed by atoms with van der Waals surface area (Å²) >= 11 is 6.05. The zero-order chi connectivity index (χ0) is 14.8. The van der Waals surface area contributed by atoms with Crippen molar-refractivity contribution in [2.75, 3.05) is 13.7 Å². The summed E-state index contributed by atoms with van der Waals surface area (Å²) in [4.78, 5) is 0. The number of para-hydroxylation sites is 1. The fraction of sp³-hybridized carbons (Fsp3) is 0.294. The number of aryl methyl sites for hydroxylation is 1. The number of aliphatic hydroxyl groups excluding tert-OH is 1. The van der Waals surface area contributed by atoms with Crippen molar-refractivity contribution < 1.29 is 14.6 Å². The summed E-state index contributed by atoms with van der Waals surface area (Å²) in [7, 11) is 1.58. The van der Waals surface area contributed by atoms with E-state index in [9.17, 15) is 5.11 Å². The number of halogens is 1. The lowest BCUT2D eigenvalue weighted by molar-refractivity contribution is 0.202. The minimum Gasteiger partial charge on any atom is -0.496 e. The van der Waals surface area contributed by atoms with Gasteiger partial charge in [0.1, 0.15) is 17.6 Å². The Balaban J connectivity index is 2.07. The van der Waals surface area contributed by atoms with Crippen LogP contribution in [0.1, 0.15) is 29.2 Å². The predicted molar refractivity (Wildman–Crippen MR) is 82.3 cm³/mol. The molecule has 0 bridgehead atoms. The summed E-state index contributed by atoms with van der Waals surface area (Å²) in [6, 6.07) is 11.1. The fourth-order valence-corrected chi connectivity index (χ4v) is 2.90. The van der Waals surface area contributed by atoms with Crippen molar-refractivity contribution in [3.8, 4) is 11.5 Å². The van der Waals surface area contributed by atoms with E-state index in [0.717, 1.165) is 29.7 Å². The fourth-order valence-electron chi connectivity index (χ4n) is 2.72. The van der Waals surface area contributed by atoms with E-state index in [2.05, 4.69) is 0 Å². The Morgan fingerprint density at radius 1 is 1.24 bits per heavy atom. The molecule has 21 heavy (non-hydrogen) atoms. The van der Waals surface area contributed by atoms with Crippen molar-refractivity contribution in [2.45, 2.75) is 18.9 Å². The minimum atomic E-state index is -0.827. The molecule has 0 fully saturated rings. The van der Waals surface area contributed by atoms with Crippen molar-refractivity contribution in [2.24, 2.45) is 0 Å². The third kappa shape index (κ3) is 2.71. The molecule has 1 aliphatic rings. The molecule has 4 heteroatoms. The number of methoxy groups -OCH3 is 1. The van der Waals surface area contributed by atoms with Gasteiger partial charge in [-0.1, -0.05) is 29.8 Å². The van der Waals surface area contributed by atoms with Gasteiger partial charge in [-0.3, -0.25) is 0 Å². The van der Waals surface area contributed by atoms with Crippen LogP contribution in [0.3, 0.4) is 0 Å². The first-order valence-corrected chi connectivity index (χ1v) is 7.34. The summed E-state index contributed by atoms with van der Waals surface area (Å²) in [6.45, 7) is 0.684. The average Bonchev–Trinajstić information content (AvgIpc) is 2.53. The van der Waals surface area contributed by atoms with Crippen molar-refractivity contribution in [1.82, 2.24) is 0 Å². The van der Waals surface area contributed by atoms with Crippen LogP contribution in [0, 0.1) is 0 Å². The zero-order valence-electron chi connectivity index (χ0n) is 11.8. The summed E-state index contributed by atoms with van der Waals surface area (Å²) in [5.41, 5.74) is 2.54. The van der Waals surface area contributed by atoms with Gasteiger partial charge in [-0.15, -0.1) is 0 Å². The second-order valence-electron chi connectivity index (χ2n) is 5.08. The van der Waals surface area contributed by atoms with Gasteiger partial charge in [0.15, 0.2) is 0 Å². The predicted octanol–water partition coefficient (Wildman–Crippen LogP) is 3.76. The maximum absolute atomic E-state index is 10.8. The highest BCUT2D eigenvalue weighted by Crippen LogP contribution is 2.39. The number of hydrogen-bond donors (Lipinski definition) is 1. The third-order valence-corrected chi connectivity index (χ3v) is 3.98. The molecule has 0 spiro atoms. The second-order valence-corrected chi connectivity index (χ2v) is 5.51. The molecule has 1 aliphatic heterocycles. The van der Waals surface area contributed by atoms with Crippen LogP contribution in [-0.2, 0) is 6.42 Å². The molecule has 1 unspecified atom stereocenters. The third-order valence-electron chi connectivity index (χ3n) is 3.74. The van der Waals surface area contributed by atoms with E-state index < -0.39 is 6.10 Å². The van der Waals surface area contributed by atoms with E-state index in [1.807, 2.05) is 18.2 Å². The second kappa shape index (κ2) is 5.96. The first kappa shape index (κ1) is 14.2. The van der Waals surface area contributed by atoms with Gasteiger partial charge in [-0.25, -0.2) is 0 Å². The molecule has 0 aromatic heterocycles. The highest BCUT2D eigenvalue weighted by Gasteiger charge is 2.23. The van der Waals surface area contributed by atoms with Crippen LogP contribution in [0.25, 0.3) is 0 Å². The molecule has 1 heterocycles. The smallest absolute Gasteiger partial charge is 0.128 e. The first-order chi connectivity index (χ1) is 10.2. The molecule has 2 aromatic rings. The van der Waals surface area contributed by atoms with Crippen molar-refractivity contribution in [3.05, 3.63) is 58.1 Å². The van der Waals surface area contributed by atoms with E-state index in [4.69, 9.17) is 21.1 Å². The molecule has 0 amide bonds. The lowest BCUT2D eigenvalue weighted by Gasteiger charge is -2.23. The zero-order valence-corrected chi connectivity index (χ0v) is 12.6. The normalized spacial score (nSPS) is 15.0. The van der Waals surface area contributed by atoms with E-state index in [1.165, 1.54) is 0 Å². The van der Waals surface area contributed by atoms with Crippen molar-refractivity contribution >= 4 is 11.6 Å². The molecule has 3 rings (SSSR count). The van der Waals surface area contributed by atoms with Gasteiger partial charge in [0.25, 0.3) is 0 Å². The van der Waals surface area contributed by atoms with Gasteiger partial charge in [0, 0.05) is 16.1 Å². The Labute approximate surface area is 129 Å². The molecule has 0 radical (unpaired) electrons. The Bertz CT molecular complexity index is 654. The SMILES string of the molecule is COc1ccc(Cl)cc1C(O)c1cccc2c1OCCC2. The molecule has 3 nitrogen and oxygen atoms in total. The topological polar surface area (TPSA) is 38.7 Å². The number of benzene rings is 2. The van der Waals surface area contributed by atoms with Crippen molar-refractivity contribution in [1.29, 1.82) is 0 Å².